The van der Waals surface area contributed by atoms with Gasteiger partial charge in [0.05, 0.1) is 0 Å². The zero-order valence-electron chi connectivity index (χ0n) is 11.5. The first kappa shape index (κ1) is 14.5. The molecule has 0 radical (unpaired) electrons. The Morgan fingerprint density at radius 2 is 1.90 bits per heavy atom. The van der Waals surface area contributed by atoms with E-state index < -0.39 is 0 Å². The number of fused-ring (bicyclic) bond motifs is 1. The number of ether oxygens (including phenoxy) is 2. The van der Waals surface area contributed by atoms with Crippen molar-refractivity contribution in [2.24, 2.45) is 9.98 Å². The van der Waals surface area contributed by atoms with Crippen LogP contribution in [0.4, 0.5) is 0 Å². The lowest BCUT2D eigenvalue weighted by Gasteiger charge is -2.04. The van der Waals surface area contributed by atoms with Gasteiger partial charge in [0.25, 0.3) is 0 Å². The van der Waals surface area contributed by atoms with Crippen LogP contribution in [0.2, 0.25) is 0 Å². The molecular weight excluding hydrogens is 264 g/mol. The van der Waals surface area contributed by atoms with Gasteiger partial charge >= 0.3 is 0 Å². The van der Waals surface area contributed by atoms with E-state index in [0.717, 1.165) is 11.3 Å². The fraction of sp³-hybridized carbons (Fsp3) is 0.0588. The quantitative estimate of drug-likeness (QED) is 0.726. The highest BCUT2D eigenvalue weighted by Crippen LogP contribution is 2.19. The average Bonchev–Trinajstić information content (AvgIpc) is 2.52. The maximum atomic E-state index is 5.55. The fourth-order valence-corrected chi connectivity index (χ4v) is 1.52. The summed E-state index contributed by atoms with van der Waals surface area (Å²) in [6.45, 7) is 0.466. The molecule has 21 heavy (non-hydrogen) atoms. The van der Waals surface area contributed by atoms with Crippen molar-refractivity contribution in [1.82, 2.24) is 0 Å². The molecule has 0 spiro atoms. The van der Waals surface area contributed by atoms with Gasteiger partial charge in [0.2, 0.25) is 0 Å². The van der Waals surface area contributed by atoms with E-state index in [-0.39, 0.29) is 0 Å². The number of aliphatic imine (C=N–C) groups is 2. The SMILES string of the molecule is C1=CCO/C=C\Oc2ccccc2/C=C\C=NC=NC=C1. The molecule has 0 aliphatic carbocycles. The molecule has 0 N–H and O–H groups in total. The number of allylic oxidation sites excluding steroid dienone is 3. The Balaban J connectivity index is 2.15. The normalized spacial score (nSPS) is 18.1. The highest BCUT2D eigenvalue weighted by molar-refractivity contribution is 5.84. The van der Waals surface area contributed by atoms with Crippen LogP contribution in [0.25, 0.3) is 6.08 Å². The van der Waals surface area contributed by atoms with E-state index in [2.05, 4.69) is 9.98 Å². The number of para-hydroxylation sites is 1. The molecule has 4 nitrogen and oxygen atoms in total. The molecule has 1 aromatic rings. The second-order valence-corrected chi connectivity index (χ2v) is 3.95. The topological polar surface area (TPSA) is 43.2 Å². The highest BCUT2D eigenvalue weighted by Gasteiger charge is 1.96. The average molecular weight is 280 g/mol. The summed E-state index contributed by atoms with van der Waals surface area (Å²) in [6.07, 6.45) is 17.1. The molecule has 0 atom stereocenters. The number of hydrogen-bond donors (Lipinski definition) is 0. The van der Waals surface area contributed by atoms with Crippen LogP contribution >= 0.6 is 0 Å². The second-order valence-electron chi connectivity index (χ2n) is 3.95. The first-order chi connectivity index (χ1) is 10.5. The van der Waals surface area contributed by atoms with E-state index in [0.29, 0.717) is 6.61 Å². The molecule has 2 rings (SSSR count). The van der Waals surface area contributed by atoms with Crippen LogP contribution in [0.3, 0.4) is 0 Å². The molecular formula is C17H16N2O2. The van der Waals surface area contributed by atoms with Crippen molar-refractivity contribution in [3.8, 4) is 5.75 Å². The van der Waals surface area contributed by atoms with Gasteiger partial charge in [-0.1, -0.05) is 24.3 Å². The number of benzene rings is 1. The van der Waals surface area contributed by atoms with E-state index >= 15 is 0 Å². The Bertz CT molecular complexity index is 611. The smallest absolute Gasteiger partial charge is 0.133 e. The Hall–Kier alpha value is -2.88. The maximum absolute atomic E-state index is 5.55. The Kier molecular flexibility index (Phi) is 6.29. The van der Waals surface area contributed by atoms with Gasteiger partial charge in [0.15, 0.2) is 0 Å². The second kappa shape index (κ2) is 9.09. The minimum Gasteiger partial charge on any atom is -0.494 e. The highest BCUT2D eigenvalue weighted by atomic mass is 16.5. The summed E-state index contributed by atoms with van der Waals surface area (Å²) >= 11 is 0. The van der Waals surface area contributed by atoms with Crippen molar-refractivity contribution in [2.75, 3.05) is 6.61 Å². The molecule has 1 aliphatic rings. The van der Waals surface area contributed by atoms with Gasteiger partial charge in [0.1, 0.15) is 31.2 Å². The Labute approximate surface area is 124 Å². The van der Waals surface area contributed by atoms with E-state index in [1.807, 2.05) is 48.6 Å². The third-order valence-corrected chi connectivity index (χ3v) is 2.46. The molecule has 0 saturated heterocycles. The van der Waals surface area contributed by atoms with Gasteiger partial charge in [-0.25, -0.2) is 9.98 Å². The van der Waals surface area contributed by atoms with Crippen molar-refractivity contribution < 1.29 is 9.47 Å². The summed E-state index contributed by atoms with van der Waals surface area (Å²) in [6, 6.07) is 7.71. The minimum atomic E-state index is 0.466. The van der Waals surface area contributed by atoms with Crippen molar-refractivity contribution in [3.05, 3.63) is 72.9 Å². The molecule has 106 valence electrons. The summed E-state index contributed by atoms with van der Waals surface area (Å²) in [4.78, 5) is 8.03. The number of nitrogens with zero attached hydrogens (tertiary/aromatic N) is 2. The van der Waals surface area contributed by atoms with Crippen LogP contribution in [0.15, 0.2) is 77.3 Å². The zero-order valence-corrected chi connectivity index (χ0v) is 11.5. The molecule has 0 fully saturated rings. The third kappa shape index (κ3) is 5.74. The predicted molar refractivity (Wildman–Crippen MR) is 86.5 cm³/mol. The standard InChI is InChI=1S/C17H16N2O2/c1-4-10-18-15-19-11-6-8-16-7-2-3-9-17(16)21-14-13-20-12-5-1/h1-11,13-15H,12H2/b5-1?,8-6-,10-4?,14-13-,18-15?,19-11?. The summed E-state index contributed by atoms with van der Waals surface area (Å²) < 4.78 is 10.8. The summed E-state index contributed by atoms with van der Waals surface area (Å²) in [5.41, 5.74) is 0.953. The van der Waals surface area contributed by atoms with Crippen LogP contribution in [-0.4, -0.2) is 19.2 Å². The number of rotatable bonds is 0. The Morgan fingerprint density at radius 3 is 2.90 bits per heavy atom. The van der Waals surface area contributed by atoms with E-state index in [4.69, 9.17) is 9.47 Å². The summed E-state index contributed by atoms with van der Waals surface area (Å²) in [5.74, 6) is 0.747. The van der Waals surface area contributed by atoms with Gasteiger partial charge in [-0.2, -0.15) is 0 Å². The molecule has 0 amide bonds. The third-order valence-electron chi connectivity index (χ3n) is 2.46. The van der Waals surface area contributed by atoms with Gasteiger partial charge in [-0.05, 0) is 30.4 Å². The minimum absolute atomic E-state index is 0.466. The monoisotopic (exact) mass is 280 g/mol. The first-order valence-corrected chi connectivity index (χ1v) is 6.52. The lowest BCUT2D eigenvalue weighted by Crippen LogP contribution is -1.87. The van der Waals surface area contributed by atoms with Crippen LogP contribution in [0.5, 0.6) is 5.75 Å². The van der Waals surface area contributed by atoms with E-state index in [9.17, 15) is 0 Å². The molecule has 0 unspecified atom stereocenters. The van der Waals surface area contributed by atoms with E-state index in [1.54, 1.807) is 18.5 Å². The first-order valence-electron chi connectivity index (χ1n) is 6.52. The van der Waals surface area contributed by atoms with Crippen molar-refractivity contribution in [3.63, 3.8) is 0 Å². The molecule has 4 heteroatoms. The predicted octanol–water partition coefficient (Wildman–Crippen LogP) is 3.75. The Morgan fingerprint density at radius 1 is 0.952 bits per heavy atom. The maximum Gasteiger partial charge on any atom is 0.133 e. The van der Waals surface area contributed by atoms with Crippen LogP contribution in [0.1, 0.15) is 5.56 Å². The molecule has 0 saturated carbocycles. The largest absolute Gasteiger partial charge is 0.494 e. The van der Waals surface area contributed by atoms with Gasteiger partial charge in [-0.15, -0.1) is 0 Å². The van der Waals surface area contributed by atoms with Crippen molar-refractivity contribution in [2.45, 2.75) is 0 Å². The van der Waals surface area contributed by atoms with Crippen LogP contribution in [-0.2, 0) is 4.74 Å². The number of hydrogen-bond acceptors (Lipinski definition) is 4. The lowest BCUT2D eigenvalue weighted by molar-refractivity contribution is 0.277. The van der Waals surface area contributed by atoms with Crippen molar-refractivity contribution >= 4 is 18.6 Å². The molecule has 0 aromatic heterocycles. The van der Waals surface area contributed by atoms with Gasteiger partial charge in [0, 0.05) is 18.0 Å². The van der Waals surface area contributed by atoms with Gasteiger partial charge in [-0.3, -0.25) is 0 Å². The van der Waals surface area contributed by atoms with Crippen LogP contribution in [0, 0.1) is 0 Å². The summed E-state index contributed by atoms with van der Waals surface area (Å²) in [7, 11) is 0. The van der Waals surface area contributed by atoms with E-state index in [1.165, 1.54) is 18.9 Å². The van der Waals surface area contributed by atoms with Crippen LogP contribution < -0.4 is 4.74 Å². The lowest BCUT2D eigenvalue weighted by atomic mass is 10.2. The zero-order chi connectivity index (χ0) is 14.6. The molecule has 1 aliphatic heterocycles. The molecule has 1 aromatic carbocycles. The van der Waals surface area contributed by atoms with Crippen molar-refractivity contribution in [1.29, 1.82) is 0 Å². The summed E-state index contributed by atoms with van der Waals surface area (Å²) in [5, 5.41) is 0. The molecule has 1 heterocycles. The molecule has 0 bridgehead atoms. The van der Waals surface area contributed by atoms with Gasteiger partial charge < -0.3 is 9.47 Å². The fourth-order valence-electron chi connectivity index (χ4n) is 1.52.